The molecule has 1 fully saturated rings. The van der Waals surface area contributed by atoms with Gasteiger partial charge in [0.2, 0.25) is 0 Å². The maximum Gasteiger partial charge on any atom is 0.279 e. The van der Waals surface area contributed by atoms with Crippen molar-refractivity contribution in [2.45, 2.75) is 51.9 Å². The van der Waals surface area contributed by atoms with Gasteiger partial charge in [-0.3, -0.25) is 9.59 Å². The van der Waals surface area contributed by atoms with Gasteiger partial charge in [-0.1, -0.05) is 62.7 Å². The number of hydrogen-bond donors (Lipinski definition) is 1. The molecule has 3 aromatic rings. The smallest absolute Gasteiger partial charge is 0.279 e. The van der Waals surface area contributed by atoms with E-state index in [0.717, 1.165) is 42.7 Å². The molecule has 1 aliphatic heterocycles. The van der Waals surface area contributed by atoms with Gasteiger partial charge in [0.25, 0.3) is 17.8 Å². The van der Waals surface area contributed by atoms with Crippen LogP contribution < -0.4 is 5.32 Å². The predicted octanol–water partition coefficient (Wildman–Crippen LogP) is 4.46. The Morgan fingerprint density at radius 2 is 1.91 bits per heavy atom. The van der Waals surface area contributed by atoms with Crippen molar-refractivity contribution in [3.05, 3.63) is 53.9 Å². The van der Waals surface area contributed by atoms with Gasteiger partial charge >= 0.3 is 0 Å². The second-order valence-corrected chi connectivity index (χ2v) is 9.62. The zero-order chi connectivity index (χ0) is 23.9. The fourth-order valence-electron chi connectivity index (χ4n) is 4.11. The lowest BCUT2D eigenvalue weighted by Gasteiger charge is -2.24. The van der Waals surface area contributed by atoms with Crippen LogP contribution in [0.1, 0.15) is 62.6 Å². The van der Waals surface area contributed by atoms with E-state index in [1.807, 2.05) is 51.1 Å². The summed E-state index contributed by atoms with van der Waals surface area (Å²) in [7, 11) is 0. The second kappa shape index (κ2) is 8.48. The van der Waals surface area contributed by atoms with Gasteiger partial charge in [-0.05, 0) is 19.3 Å². The summed E-state index contributed by atoms with van der Waals surface area (Å²) in [4.78, 5) is 34.6. The molecule has 1 aromatic carbocycles. The first-order valence-electron chi connectivity index (χ1n) is 11.4. The molecular weight excluding hydrogens is 432 g/mol. The number of amides is 2. The molecule has 2 amide bonds. The number of carbonyl (C=O) groups is 2. The van der Waals surface area contributed by atoms with Crippen molar-refractivity contribution in [3.8, 4) is 11.3 Å². The maximum atomic E-state index is 13.0. The number of benzene rings is 1. The quantitative estimate of drug-likeness (QED) is 0.622. The summed E-state index contributed by atoms with van der Waals surface area (Å²) in [5, 5.41) is 11.4. The van der Waals surface area contributed by atoms with Gasteiger partial charge in [-0.2, -0.15) is 14.8 Å². The Bertz CT molecular complexity index is 1310. The lowest BCUT2D eigenvalue weighted by Crippen LogP contribution is -2.34. The molecule has 1 N–H and O–H groups in total. The Kier molecular flexibility index (Phi) is 5.47. The number of aromatic nitrogens is 3. The molecule has 174 valence electrons. The minimum atomic E-state index is -0.460. The average molecular weight is 459 g/mol. The number of nitrogens with one attached hydrogen (secondary N) is 1. The molecular formula is C25H26N6O3. The van der Waals surface area contributed by atoms with Crippen LogP contribution in [0, 0.1) is 5.92 Å². The van der Waals surface area contributed by atoms with Crippen LogP contribution in [0.5, 0.6) is 0 Å². The van der Waals surface area contributed by atoms with Crippen LogP contribution in [0.3, 0.4) is 0 Å². The van der Waals surface area contributed by atoms with E-state index in [1.54, 1.807) is 12.1 Å². The number of carbonyl (C=O) groups excluding carboxylic acids is 2. The molecule has 2 aliphatic rings. The van der Waals surface area contributed by atoms with Crippen molar-refractivity contribution >= 4 is 29.3 Å². The minimum Gasteiger partial charge on any atom is -0.355 e. The molecule has 5 rings (SSSR count). The summed E-state index contributed by atoms with van der Waals surface area (Å²) in [6.45, 7) is 6.06. The Morgan fingerprint density at radius 1 is 1.12 bits per heavy atom. The van der Waals surface area contributed by atoms with E-state index >= 15 is 0 Å². The molecule has 0 radical (unpaired) electrons. The Balaban J connectivity index is 1.47. The molecule has 2 aromatic heterocycles. The molecule has 9 nitrogen and oxygen atoms in total. The highest BCUT2D eigenvalue weighted by molar-refractivity contribution is 6.16. The lowest BCUT2D eigenvalue weighted by atomic mass is 9.86. The van der Waals surface area contributed by atoms with E-state index in [0.29, 0.717) is 11.6 Å². The van der Waals surface area contributed by atoms with Crippen molar-refractivity contribution in [2.75, 3.05) is 5.32 Å². The number of anilines is 1. The van der Waals surface area contributed by atoms with Crippen LogP contribution in [0.15, 0.2) is 57.0 Å². The van der Waals surface area contributed by atoms with Crippen LogP contribution >= 0.6 is 0 Å². The predicted molar refractivity (Wildman–Crippen MR) is 128 cm³/mol. The van der Waals surface area contributed by atoms with Crippen LogP contribution in [0.25, 0.3) is 11.3 Å². The van der Waals surface area contributed by atoms with Crippen molar-refractivity contribution in [2.24, 2.45) is 15.9 Å². The van der Waals surface area contributed by atoms with Gasteiger partial charge < -0.3 is 9.84 Å². The number of fused-ring (bicyclic) bond motifs is 1. The van der Waals surface area contributed by atoms with Gasteiger partial charge in [-0.15, -0.1) is 0 Å². The largest absolute Gasteiger partial charge is 0.355 e. The fourth-order valence-corrected chi connectivity index (χ4v) is 4.11. The maximum absolute atomic E-state index is 13.0. The highest BCUT2D eigenvalue weighted by Gasteiger charge is 2.33. The first-order valence-corrected chi connectivity index (χ1v) is 11.4. The van der Waals surface area contributed by atoms with Gasteiger partial charge in [0.05, 0.1) is 11.6 Å². The third-order valence-electron chi connectivity index (χ3n) is 6.04. The third kappa shape index (κ3) is 4.21. The monoisotopic (exact) mass is 458 g/mol. The van der Waals surface area contributed by atoms with Crippen LogP contribution in [0.2, 0.25) is 0 Å². The molecule has 1 aliphatic carbocycles. The molecule has 9 heteroatoms. The van der Waals surface area contributed by atoms with E-state index in [9.17, 15) is 9.59 Å². The van der Waals surface area contributed by atoms with Crippen molar-refractivity contribution < 1.29 is 14.1 Å². The van der Waals surface area contributed by atoms with E-state index in [1.165, 1.54) is 4.68 Å². The number of aliphatic imine (C=N–C) groups is 2. The van der Waals surface area contributed by atoms with E-state index in [-0.39, 0.29) is 28.9 Å². The molecule has 1 saturated carbocycles. The SMILES string of the molecule is CC(C)(C)c1cc(NC(=O)c2cc(-c3ccccc3)on2)n(C2=NC(=O)C3CCCCC3=N2)n1. The molecule has 1 atom stereocenters. The molecule has 0 bridgehead atoms. The summed E-state index contributed by atoms with van der Waals surface area (Å²) in [6, 6.07) is 12.8. The second-order valence-electron chi connectivity index (χ2n) is 9.62. The van der Waals surface area contributed by atoms with Crippen LogP contribution in [-0.4, -0.2) is 38.4 Å². The number of rotatable bonds is 3. The zero-order valence-corrected chi connectivity index (χ0v) is 19.4. The summed E-state index contributed by atoms with van der Waals surface area (Å²) >= 11 is 0. The van der Waals surface area contributed by atoms with Gasteiger partial charge in [0.1, 0.15) is 5.82 Å². The standard InChI is InChI=1S/C25H26N6O3/c1-25(2,3)20-14-21(27-23(33)18-13-19(34-30-18)15-9-5-4-6-10-15)31(29-20)24-26-17-12-8-7-11-16(17)22(32)28-24/h4-6,9-10,13-14,16H,7-8,11-12H2,1-3H3,(H,27,33). The molecule has 0 saturated heterocycles. The Labute approximate surface area is 197 Å². The normalized spacial score (nSPS) is 18.2. The highest BCUT2D eigenvalue weighted by Crippen LogP contribution is 2.29. The Hall–Kier alpha value is -3.88. The first kappa shape index (κ1) is 21.9. The average Bonchev–Trinajstić information content (AvgIpc) is 3.47. The lowest BCUT2D eigenvalue weighted by molar-refractivity contribution is -0.120. The van der Waals surface area contributed by atoms with Gasteiger partial charge in [-0.25, -0.2) is 4.99 Å². The van der Waals surface area contributed by atoms with E-state index < -0.39 is 5.91 Å². The zero-order valence-electron chi connectivity index (χ0n) is 19.4. The Morgan fingerprint density at radius 3 is 2.68 bits per heavy atom. The summed E-state index contributed by atoms with van der Waals surface area (Å²) < 4.78 is 6.80. The van der Waals surface area contributed by atoms with Gasteiger partial charge in [0.15, 0.2) is 11.5 Å². The van der Waals surface area contributed by atoms with E-state index in [4.69, 9.17) is 4.52 Å². The minimum absolute atomic E-state index is 0.129. The molecule has 1 unspecified atom stereocenters. The third-order valence-corrected chi connectivity index (χ3v) is 6.04. The van der Waals surface area contributed by atoms with Crippen molar-refractivity contribution in [1.29, 1.82) is 0 Å². The fraction of sp³-hybridized carbons (Fsp3) is 0.360. The number of nitrogens with zero attached hydrogens (tertiary/aromatic N) is 5. The van der Waals surface area contributed by atoms with Gasteiger partial charge in [0, 0.05) is 28.8 Å². The van der Waals surface area contributed by atoms with E-state index in [2.05, 4.69) is 25.6 Å². The van der Waals surface area contributed by atoms with Crippen molar-refractivity contribution in [3.63, 3.8) is 0 Å². The summed E-state index contributed by atoms with van der Waals surface area (Å²) in [6.07, 6.45) is 3.55. The molecule has 34 heavy (non-hydrogen) atoms. The van der Waals surface area contributed by atoms with Crippen LogP contribution in [-0.2, 0) is 10.2 Å². The first-order chi connectivity index (χ1) is 16.3. The number of hydrogen-bond acceptors (Lipinski definition) is 6. The summed E-state index contributed by atoms with van der Waals surface area (Å²) in [5.41, 5.74) is 2.23. The van der Waals surface area contributed by atoms with Crippen molar-refractivity contribution in [1.82, 2.24) is 14.9 Å². The van der Waals surface area contributed by atoms with Crippen LogP contribution in [0.4, 0.5) is 5.82 Å². The topological polar surface area (TPSA) is 115 Å². The summed E-state index contributed by atoms with van der Waals surface area (Å²) in [5.74, 6) is 0.136. The highest BCUT2D eigenvalue weighted by atomic mass is 16.5. The molecule has 3 heterocycles. The molecule has 0 spiro atoms.